The van der Waals surface area contributed by atoms with Gasteiger partial charge >= 0.3 is 5.97 Å². The molecule has 2 saturated heterocycles. The normalized spacial score (nSPS) is 23.8. The Morgan fingerprint density at radius 3 is 2.78 bits per heavy atom. The summed E-state index contributed by atoms with van der Waals surface area (Å²) in [6.07, 6.45) is 4.16. The Labute approximate surface area is 162 Å². The number of carboxylic acids is 1. The summed E-state index contributed by atoms with van der Waals surface area (Å²) in [6.45, 7) is 1.82. The van der Waals surface area contributed by atoms with E-state index in [1.807, 2.05) is 29.3 Å². The van der Waals surface area contributed by atoms with Crippen molar-refractivity contribution in [2.75, 3.05) is 19.7 Å². The molecule has 2 aliphatic heterocycles. The van der Waals surface area contributed by atoms with Crippen molar-refractivity contribution in [2.45, 2.75) is 31.8 Å². The van der Waals surface area contributed by atoms with Gasteiger partial charge in [0.1, 0.15) is 0 Å². The Bertz CT molecular complexity index is 857. The van der Waals surface area contributed by atoms with Gasteiger partial charge in [-0.25, -0.2) is 0 Å². The molecule has 7 heteroatoms. The van der Waals surface area contributed by atoms with Gasteiger partial charge in [0.25, 0.3) is 0 Å². The molecule has 1 amide bonds. The third-order valence-corrected chi connectivity index (χ3v) is 6.12. The summed E-state index contributed by atoms with van der Waals surface area (Å²) < 4.78 is 5.71. The fraction of sp³-hybridized carbons (Fsp3) is 0.500. The molecule has 6 nitrogen and oxygen atoms in total. The molecule has 0 saturated carbocycles. The number of piperidine rings is 1. The summed E-state index contributed by atoms with van der Waals surface area (Å²) in [5.74, 6) is -0.872. The topological polar surface area (TPSA) is 82.6 Å². The number of ether oxygens (including phenoxy) is 1. The van der Waals surface area contributed by atoms with E-state index in [2.05, 4.69) is 4.98 Å². The highest BCUT2D eigenvalue weighted by molar-refractivity contribution is 6.31. The van der Waals surface area contributed by atoms with E-state index in [0.717, 1.165) is 29.3 Å². The number of nitrogens with zero attached hydrogens (tertiary/aromatic N) is 1. The van der Waals surface area contributed by atoms with Crippen molar-refractivity contribution in [3.05, 3.63) is 35.0 Å². The number of fused-ring (bicyclic) bond motifs is 1. The van der Waals surface area contributed by atoms with E-state index < -0.39 is 11.9 Å². The second-order valence-corrected chi connectivity index (χ2v) is 7.90. The van der Waals surface area contributed by atoms with Crippen molar-refractivity contribution in [1.82, 2.24) is 9.88 Å². The molecular formula is C20H23ClN2O4. The number of aromatic amines is 1. The summed E-state index contributed by atoms with van der Waals surface area (Å²) in [4.78, 5) is 29.2. The van der Waals surface area contributed by atoms with Gasteiger partial charge in [-0.1, -0.05) is 11.6 Å². The van der Waals surface area contributed by atoms with Crippen LogP contribution in [-0.4, -0.2) is 52.7 Å². The van der Waals surface area contributed by atoms with Gasteiger partial charge in [0.15, 0.2) is 0 Å². The van der Waals surface area contributed by atoms with Gasteiger partial charge in [-0.2, -0.15) is 0 Å². The lowest BCUT2D eigenvalue weighted by atomic mass is 9.84. The maximum atomic E-state index is 12.7. The molecule has 144 valence electrons. The number of carbonyl (C=O) groups is 2. The van der Waals surface area contributed by atoms with Crippen molar-refractivity contribution in [3.8, 4) is 0 Å². The van der Waals surface area contributed by atoms with E-state index in [1.54, 1.807) is 0 Å². The van der Waals surface area contributed by atoms with Crippen LogP contribution in [0.1, 0.15) is 24.8 Å². The number of halogens is 1. The van der Waals surface area contributed by atoms with Crippen LogP contribution >= 0.6 is 11.6 Å². The molecule has 0 radical (unpaired) electrons. The lowest BCUT2D eigenvalue weighted by molar-refractivity contribution is -0.145. The minimum absolute atomic E-state index is 0.0939. The molecule has 0 aliphatic carbocycles. The van der Waals surface area contributed by atoms with Crippen molar-refractivity contribution < 1.29 is 19.4 Å². The minimum Gasteiger partial charge on any atom is -0.481 e. The highest BCUT2D eigenvalue weighted by Crippen LogP contribution is 2.33. The van der Waals surface area contributed by atoms with Gasteiger partial charge in [0, 0.05) is 41.8 Å². The number of hydrogen-bond acceptors (Lipinski definition) is 3. The standard InChI is InChI=1S/C20H23ClN2O4/c21-14-1-2-17-16(10-14)13(11-22-17)9-18(24)23-6-3-12(4-7-23)19-15(20(25)26)5-8-27-19/h1-2,10-12,15,19,22H,3-9H2,(H,25,26)/t15?,19-/m0/s1. The zero-order valence-electron chi connectivity index (χ0n) is 15.0. The first-order valence-electron chi connectivity index (χ1n) is 9.40. The Morgan fingerprint density at radius 1 is 1.26 bits per heavy atom. The quantitative estimate of drug-likeness (QED) is 0.840. The fourth-order valence-electron chi connectivity index (χ4n) is 4.39. The number of carboxylic acid groups (broad SMARTS) is 1. The van der Waals surface area contributed by atoms with Crippen molar-refractivity contribution in [1.29, 1.82) is 0 Å². The first-order valence-corrected chi connectivity index (χ1v) is 9.78. The van der Waals surface area contributed by atoms with Crippen LogP contribution in [0, 0.1) is 11.8 Å². The van der Waals surface area contributed by atoms with Crippen LogP contribution in [0.5, 0.6) is 0 Å². The second-order valence-electron chi connectivity index (χ2n) is 7.47. The van der Waals surface area contributed by atoms with Crippen LogP contribution in [0.25, 0.3) is 10.9 Å². The first kappa shape index (κ1) is 18.3. The van der Waals surface area contributed by atoms with Crippen molar-refractivity contribution in [3.63, 3.8) is 0 Å². The Hall–Kier alpha value is -2.05. The van der Waals surface area contributed by atoms with Crippen LogP contribution in [0.3, 0.4) is 0 Å². The van der Waals surface area contributed by atoms with Crippen molar-refractivity contribution in [2.24, 2.45) is 11.8 Å². The van der Waals surface area contributed by atoms with E-state index >= 15 is 0 Å². The van der Waals surface area contributed by atoms with Crippen molar-refractivity contribution >= 4 is 34.4 Å². The Morgan fingerprint density at radius 2 is 2.04 bits per heavy atom. The summed E-state index contributed by atoms with van der Waals surface area (Å²) in [6, 6.07) is 5.62. The molecule has 3 heterocycles. The number of H-pyrrole nitrogens is 1. The molecule has 2 fully saturated rings. The Kier molecular flexibility index (Phi) is 5.10. The number of likely N-dealkylation sites (tertiary alicyclic amines) is 1. The second kappa shape index (κ2) is 7.52. The van der Waals surface area contributed by atoms with E-state index in [4.69, 9.17) is 16.3 Å². The fourth-order valence-corrected chi connectivity index (χ4v) is 4.56. The predicted octanol–water partition coefficient (Wildman–Crippen LogP) is 3.09. The highest BCUT2D eigenvalue weighted by atomic mass is 35.5. The largest absolute Gasteiger partial charge is 0.481 e. The average Bonchev–Trinajstić information content (AvgIpc) is 3.29. The maximum absolute atomic E-state index is 12.7. The maximum Gasteiger partial charge on any atom is 0.309 e. The molecule has 0 bridgehead atoms. The molecule has 2 N–H and O–H groups in total. The van der Waals surface area contributed by atoms with Gasteiger partial charge in [-0.05, 0) is 48.9 Å². The average molecular weight is 391 g/mol. The number of carbonyl (C=O) groups excluding carboxylic acids is 1. The number of aromatic nitrogens is 1. The number of amides is 1. The lowest BCUT2D eigenvalue weighted by Crippen LogP contribution is -2.43. The zero-order valence-corrected chi connectivity index (χ0v) is 15.7. The number of hydrogen-bond donors (Lipinski definition) is 2. The minimum atomic E-state index is -0.769. The summed E-state index contributed by atoms with van der Waals surface area (Å²) >= 11 is 6.08. The zero-order chi connectivity index (χ0) is 19.0. The number of nitrogens with one attached hydrogen (secondary N) is 1. The molecule has 1 unspecified atom stereocenters. The SMILES string of the molecule is O=C(O)C1CCO[C@H]1C1CCN(C(=O)Cc2c[nH]c3ccc(Cl)cc23)CC1. The summed E-state index contributed by atoms with van der Waals surface area (Å²) in [5, 5.41) is 11.0. The predicted molar refractivity (Wildman–Crippen MR) is 102 cm³/mol. The lowest BCUT2D eigenvalue weighted by Gasteiger charge is -2.35. The number of rotatable bonds is 4. The van der Waals surface area contributed by atoms with Gasteiger partial charge in [-0.3, -0.25) is 9.59 Å². The summed E-state index contributed by atoms with van der Waals surface area (Å²) in [5.41, 5.74) is 1.92. The van der Waals surface area contributed by atoms with E-state index in [9.17, 15) is 14.7 Å². The molecule has 1 aromatic carbocycles. The third-order valence-electron chi connectivity index (χ3n) is 5.88. The van der Waals surface area contributed by atoms with Crippen LogP contribution in [0.2, 0.25) is 5.02 Å². The first-order chi connectivity index (χ1) is 13.0. The molecule has 0 spiro atoms. The molecule has 2 aromatic rings. The molecule has 2 aliphatic rings. The van der Waals surface area contributed by atoms with E-state index in [-0.39, 0.29) is 17.9 Å². The molecular weight excluding hydrogens is 368 g/mol. The van der Waals surface area contributed by atoms with Crippen LogP contribution in [0.15, 0.2) is 24.4 Å². The number of aliphatic carboxylic acids is 1. The van der Waals surface area contributed by atoms with E-state index in [1.165, 1.54) is 0 Å². The monoisotopic (exact) mass is 390 g/mol. The molecule has 1 aromatic heterocycles. The highest BCUT2D eigenvalue weighted by Gasteiger charge is 2.40. The molecule has 27 heavy (non-hydrogen) atoms. The Balaban J connectivity index is 1.37. The van der Waals surface area contributed by atoms with Crippen LogP contribution in [-0.2, 0) is 20.7 Å². The van der Waals surface area contributed by atoms with E-state index in [0.29, 0.717) is 37.6 Å². The number of benzene rings is 1. The van der Waals surface area contributed by atoms with Gasteiger partial charge in [-0.15, -0.1) is 0 Å². The van der Waals surface area contributed by atoms with Crippen LogP contribution in [0.4, 0.5) is 0 Å². The smallest absolute Gasteiger partial charge is 0.309 e. The summed E-state index contributed by atoms with van der Waals surface area (Å²) in [7, 11) is 0. The van der Waals surface area contributed by atoms with Crippen LogP contribution < -0.4 is 0 Å². The third kappa shape index (κ3) is 3.69. The molecule has 2 atom stereocenters. The van der Waals surface area contributed by atoms with Gasteiger partial charge < -0.3 is 19.7 Å². The van der Waals surface area contributed by atoms with Gasteiger partial charge in [0.05, 0.1) is 18.4 Å². The molecule has 4 rings (SSSR count). The van der Waals surface area contributed by atoms with Gasteiger partial charge in [0.2, 0.25) is 5.91 Å².